The molecule has 1 aliphatic rings. The fraction of sp³-hybridized carbons (Fsp3) is 0.400. The average molecular weight is 398 g/mol. The number of carbonyl (C=O) groups is 2. The number of hydrogen-bond acceptors (Lipinski definition) is 7. The van der Waals surface area contributed by atoms with Crippen molar-refractivity contribution < 1.29 is 14.3 Å². The first-order valence-electron chi connectivity index (χ1n) is 9.55. The first-order valence-corrected chi connectivity index (χ1v) is 9.55. The molecule has 9 heteroatoms. The van der Waals surface area contributed by atoms with Gasteiger partial charge < -0.3 is 24.8 Å². The largest absolute Gasteiger partial charge is 0.450 e. The van der Waals surface area contributed by atoms with Crippen molar-refractivity contribution in [2.75, 3.05) is 57.1 Å². The Labute approximate surface area is 170 Å². The van der Waals surface area contributed by atoms with Gasteiger partial charge in [-0.3, -0.25) is 4.79 Å². The summed E-state index contributed by atoms with van der Waals surface area (Å²) >= 11 is 0. The summed E-state index contributed by atoms with van der Waals surface area (Å²) in [6.45, 7) is 3.89. The lowest BCUT2D eigenvalue weighted by Crippen LogP contribution is -2.50. The molecule has 0 aliphatic carbocycles. The minimum atomic E-state index is -0.339. The van der Waals surface area contributed by atoms with Gasteiger partial charge in [-0.15, -0.1) is 0 Å². The third kappa shape index (κ3) is 5.13. The molecule has 0 bridgehead atoms. The molecule has 29 heavy (non-hydrogen) atoms. The Kier molecular flexibility index (Phi) is 6.48. The van der Waals surface area contributed by atoms with Crippen molar-refractivity contribution in [3.8, 4) is 0 Å². The number of piperazine rings is 1. The number of nitrogens with zero attached hydrogens (tertiary/aromatic N) is 5. The Bertz CT molecular complexity index is 830. The monoisotopic (exact) mass is 398 g/mol. The van der Waals surface area contributed by atoms with E-state index in [2.05, 4.69) is 15.3 Å². The van der Waals surface area contributed by atoms with Crippen LogP contribution in [0.3, 0.4) is 0 Å². The van der Waals surface area contributed by atoms with Crippen LogP contribution in [-0.4, -0.2) is 78.6 Å². The van der Waals surface area contributed by atoms with Crippen LogP contribution in [0.15, 0.2) is 36.7 Å². The third-order valence-electron chi connectivity index (χ3n) is 4.62. The van der Waals surface area contributed by atoms with Crippen LogP contribution in [0.1, 0.15) is 17.4 Å². The van der Waals surface area contributed by atoms with Gasteiger partial charge in [-0.25, -0.2) is 14.8 Å². The Morgan fingerprint density at radius 3 is 2.24 bits per heavy atom. The van der Waals surface area contributed by atoms with Gasteiger partial charge in [0.25, 0.3) is 5.91 Å². The van der Waals surface area contributed by atoms with Crippen LogP contribution < -0.4 is 10.2 Å². The van der Waals surface area contributed by atoms with Crippen molar-refractivity contribution in [2.24, 2.45) is 0 Å². The molecule has 0 unspecified atom stereocenters. The molecule has 1 fully saturated rings. The Morgan fingerprint density at radius 2 is 1.69 bits per heavy atom. The van der Waals surface area contributed by atoms with E-state index in [9.17, 15) is 9.59 Å². The number of hydrogen-bond donors (Lipinski definition) is 1. The average Bonchev–Trinajstić information content (AvgIpc) is 2.74. The molecule has 154 valence electrons. The van der Waals surface area contributed by atoms with Gasteiger partial charge in [0.2, 0.25) is 0 Å². The SMILES string of the molecule is CCOC(=O)N1CCN(C(=O)c2cnc(Nc3ccc(N(C)C)cc3)cn2)CC1. The van der Waals surface area contributed by atoms with E-state index in [1.165, 1.54) is 6.20 Å². The lowest BCUT2D eigenvalue weighted by Gasteiger charge is -2.33. The van der Waals surface area contributed by atoms with E-state index < -0.39 is 0 Å². The highest BCUT2D eigenvalue weighted by atomic mass is 16.6. The summed E-state index contributed by atoms with van der Waals surface area (Å²) in [4.78, 5) is 38.2. The molecule has 0 radical (unpaired) electrons. The van der Waals surface area contributed by atoms with Crippen LogP contribution in [0.25, 0.3) is 0 Å². The van der Waals surface area contributed by atoms with Crippen LogP contribution in [0.5, 0.6) is 0 Å². The van der Waals surface area contributed by atoms with Crippen molar-refractivity contribution in [1.29, 1.82) is 0 Å². The fourth-order valence-corrected chi connectivity index (χ4v) is 2.96. The number of anilines is 3. The summed E-state index contributed by atoms with van der Waals surface area (Å²) in [6, 6.07) is 7.92. The quantitative estimate of drug-likeness (QED) is 0.826. The van der Waals surface area contributed by atoms with E-state index in [0.29, 0.717) is 38.6 Å². The van der Waals surface area contributed by atoms with Gasteiger partial charge in [0.1, 0.15) is 11.5 Å². The first kappa shape index (κ1) is 20.4. The highest BCUT2D eigenvalue weighted by molar-refractivity contribution is 5.92. The number of aromatic nitrogens is 2. The van der Waals surface area contributed by atoms with Gasteiger partial charge in [0.15, 0.2) is 0 Å². The predicted octanol–water partition coefficient (Wildman–Crippen LogP) is 2.20. The van der Waals surface area contributed by atoms with Crippen molar-refractivity contribution in [1.82, 2.24) is 19.8 Å². The summed E-state index contributed by atoms with van der Waals surface area (Å²) in [7, 11) is 3.97. The summed E-state index contributed by atoms with van der Waals surface area (Å²) in [5.41, 5.74) is 2.27. The van der Waals surface area contributed by atoms with E-state index in [-0.39, 0.29) is 17.7 Å². The van der Waals surface area contributed by atoms with E-state index in [1.54, 1.807) is 22.9 Å². The van der Waals surface area contributed by atoms with Gasteiger partial charge in [-0.1, -0.05) is 0 Å². The molecule has 2 heterocycles. The number of ether oxygens (including phenoxy) is 1. The van der Waals surface area contributed by atoms with Gasteiger partial charge in [0.05, 0.1) is 19.0 Å². The van der Waals surface area contributed by atoms with Gasteiger partial charge >= 0.3 is 6.09 Å². The molecule has 1 aliphatic heterocycles. The standard InChI is InChI=1S/C20H26N6O3/c1-4-29-20(28)26-11-9-25(10-12-26)19(27)17-13-22-18(14-21-17)23-15-5-7-16(8-6-15)24(2)3/h5-8,13-14H,4,9-12H2,1-3H3,(H,22,23). The molecule has 3 rings (SSSR count). The first-order chi connectivity index (χ1) is 14.0. The van der Waals surface area contributed by atoms with E-state index in [1.807, 2.05) is 43.3 Å². The maximum atomic E-state index is 12.6. The number of rotatable bonds is 5. The second-order valence-corrected chi connectivity index (χ2v) is 6.83. The van der Waals surface area contributed by atoms with E-state index in [0.717, 1.165) is 11.4 Å². The molecule has 1 N–H and O–H groups in total. The number of carbonyl (C=O) groups excluding carboxylic acids is 2. The third-order valence-corrected chi connectivity index (χ3v) is 4.62. The van der Waals surface area contributed by atoms with Crippen LogP contribution >= 0.6 is 0 Å². The normalized spacial score (nSPS) is 13.8. The van der Waals surface area contributed by atoms with Crippen LogP contribution in [0, 0.1) is 0 Å². The maximum Gasteiger partial charge on any atom is 0.409 e. The summed E-state index contributed by atoms with van der Waals surface area (Å²) in [5.74, 6) is 0.370. The van der Waals surface area contributed by atoms with Gasteiger partial charge in [0, 0.05) is 51.6 Å². The minimum Gasteiger partial charge on any atom is -0.450 e. The Balaban J connectivity index is 1.56. The topological polar surface area (TPSA) is 90.9 Å². The molecular formula is C20H26N6O3. The Hall–Kier alpha value is -3.36. The summed E-state index contributed by atoms with van der Waals surface area (Å²) in [5, 5.41) is 3.17. The van der Waals surface area contributed by atoms with Gasteiger partial charge in [-0.2, -0.15) is 0 Å². The van der Waals surface area contributed by atoms with Crippen molar-refractivity contribution >= 4 is 29.2 Å². The van der Waals surface area contributed by atoms with Crippen molar-refractivity contribution in [3.05, 3.63) is 42.4 Å². The molecule has 2 aromatic rings. The molecular weight excluding hydrogens is 372 g/mol. The molecule has 0 spiro atoms. The highest BCUT2D eigenvalue weighted by Gasteiger charge is 2.26. The fourth-order valence-electron chi connectivity index (χ4n) is 2.96. The molecule has 1 aromatic carbocycles. The van der Waals surface area contributed by atoms with Crippen molar-refractivity contribution in [2.45, 2.75) is 6.92 Å². The van der Waals surface area contributed by atoms with Crippen LogP contribution in [0.2, 0.25) is 0 Å². The predicted molar refractivity (Wildman–Crippen MR) is 111 cm³/mol. The zero-order valence-corrected chi connectivity index (χ0v) is 17.0. The summed E-state index contributed by atoms with van der Waals surface area (Å²) in [6.07, 6.45) is 2.67. The number of nitrogens with one attached hydrogen (secondary N) is 1. The lowest BCUT2D eigenvalue weighted by atomic mass is 10.2. The van der Waals surface area contributed by atoms with Crippen molar-refractivity contribution in [3.63, 3.8) is 0 Å². The molecule has 0 saturated carbocycles. The van der Waals surface area contributed by atoms with Gasteiger partial charge in [-0.05, 0) is 31.2 Å². The molecule has 1 aromatic heterocycles. The maximum absolute atomic E-state index is 12.6. The van der Waals surface area contributed by atoms with Crippen LogP contribution in [-0.2, 0) is 4.74 Å². The zero-order chi connectivity index (χ0) is 20.8. The zero-order valence-electron chi connectivity index (χ0n) is 17.0. The van der Waals surface area contributed by atoms with Crippen LogP contribution in [0.4, 0.5) is 22.0 Å². The second-order valence-electron chi connectivity index (χ2n) is 6.83. The number of benzene rings is 1. The molecule has 0 atom stereocenters. The highest BCUT2D eigenvalue weighted by Crippen LogP contribution is 2.18. The minimum absolute atomic E-state index is 0.192. The molecule has 9 nitrogen and oxygen atoms in total. The molecule has 1 saturated heterocycles. The molecule has 2 amide bonds. The smallest absolute Gasteiger partial charge is 0.409 e. The lowest BCUT2D eigenvalue weighted by molar-refractivity contribution is 0.0565. The second kappa shape index (κ2) is 9.22. The number of amides is 2. The van der Waals surface area contributed by atoms with E-state index >= 15 is 0 Å². The van der Waals surface area contributed by atoms with E-state index in [4.69, 9.17) is 4.74 Å². The summed E-state index contributed by atoms with van der Waals surface area (Å²) < 4.78 is 4.99. The Morgan fingerprint density at radius 1 is 1.03 bits per heavy atom.